The number of nitrogen functional groups attached to an aromatic ring is 1. The van der Waals surface area contributed by atoms with Crippen molar-refractivity contribution in [2.24, 2.45) is 0 Å². The Hall–Kier alpha value is -1.59. The van der Waals surface area contributed by atoms with Gasteiger partial charge >= 0.3 is 0 Å². The van der Waals surface area contributed by atoms with Crippen molar-refractivity contribution >= 4 is 5.78 Å². The van der Waals surface area contributed by atoms with E-state index in [0.29, 0.717) is 5.78 Å². The Bertz CT molecular complexity index is 317. The van der Waals surface area contributed by atoms with Gasteiger partial charge in [0, 0.05) is 0 Å². The molecule has 0 bridgehead atoms. The lowest BCUT2D eigenvalue weighted by Gasteiger charge is -1.81. The first-order valence-corrected chi connectivity index (χ1v) is 2.36. The second-order valence-electron chi connectivity index (χ2n) is 1.61. The van der Waals surface area contributed by atoms with E-state index >= 15 is 0 Å². The summed E-state index contributed by atoms with van der Waals surface area (Å²) in [6.45, 7) is 0. The summed E-state index contributed by atoms with van der Waals surface area (Å²) in [5.74, 6) is 5.89. The van der Waals surface area contributed by atoms with Crippen LogP contribution in [0.4, 0.5) is 0 Å². The Morgan fingerprint density at radius 2 is 2.33 bits per heavy atom. The van der Waals surface area contributed by atoms with Crippen molar-refractivity contribution in [1.82, 2.24) is 24.5 Å². The summed E-state index contributed by atoms with van der Waals surface area (Å²) < 4.78 is 2.78. The molecule has 2 heterocycles. The number of nitrogens with two attached hydrogens (primary N) is 1. The second kappa shape index (κ2) is 1.22. The SMILES string of the molecule is Nn1cnn2cnnc12. The van der Waals surface area contributed by atoms with E-state index in [1.165, 1.54) is 21.8 Å². The van der Waals surface area contributed by atoms with Crippen molar-refractivity contribution in [3.63, 3.8) is 0 Å². The van der Waals surface area contributed by atoms with Crippen LogP contribution in [-0.2, 0) is 0 Å². The normalized spacial score (nSPS) is 10.7. The molecule has 6 nitrogen and oxygen atoms in total. The fourth-order valence-corrected chi connectivity index (χ4v) is 0.638. The van der Waals surface area contributed by atoms with Gasteiger partial charge in [-0.2, -0.15) is 9.61 Å². The maximum Gasteiger partial charge on any atom is 0.272 e. The molecule has 46 valence electrons. The number of nitrogens with zero attached hydrogens (tertiary/aromatic N) is 5. The third-order valence-corrected chi connectivity index (χ3v) is 1.04. The van der Waals surface area contributed by atoms with Gasteiger partial charge in [-0.15, -0.1) is 10.2 Å². The highest BCUT2D eigenvalue weighted by Crippen LogP contribution is 1.89. The number of rotatable bonds is 0. The minimum absolute atomic E-state index is 0.537. The molecule has 0 saturated carbocycles. The van der Waals surface area contributed by atoms with Gasteiger partial charge in [-0.3, -0.25) is 0 Å². The van der Waals surface area contributed by atoms with Gasteiger partial charge in [0.05, 0.1) is 0 Å². The summed E-state index contributed by atoms with van der Waals surface area (Å²) in [4.78, 5) is 0. The van der Waals surface area contributed by atoms with E-state index in [9.17, 15) is 0 Å². The summed E-state index contributed by atoms with van der Waals surface area (Å²) in [5, 5.41) is 11.0. The fourth-order valence-electron chi connectivity index (χ4n) is 0.638. The molecule has 2 aromatic rings. The molecule has 0 unspecified atom stereocenters. The predicted octanol–water partition coefficient (Wildman–Crippen LogP) is -1.36. The molecule has 0 atom stereocenters. The Kier molecular flexibility index (Phi) is 0.583. The standard InChI is InChI=1S/C3H4N6/c4-8-2-6-9-1-5-7-3(8)9/h1-2H,4H2. The average molecular weight is 124 g/mol. The first-order chi connectivity index (χ1) is 4.38. The molecule has 0 aromatic carbocycles. The van der Waals surface area contributed by atoms with Crippen LogP contribution >= 0.6 is 0 Å². The zero-order chi connectivity index (χ0) is 6.27. The lowest BCUT2D eigenvalue weighted by molar-refractivity contribution is 0.941. The molecular weight excluding hydrogens is 120 g/mol. The average Bonchev–Trinajstić information content (AvgIpc) is 2.35. The highest BCUT2D eigenvalue weighted by atomic mass is 15.5. The molecule has 0 saturated heterocycles. The molecule has 0 radical (unpaired) electrons. The van der Waals surface area contributed by atoms with Crippen LogP contribution in [0.2, 0.25) is 0 Å². The van der Waals surface area contributed by atoms with Gasteiger partial charge in [-0.25, -0.2) is 4.68 Å². The van der Waals surface area contributed by atoms with Crippen LogP contribution in [0, 0.1) is 0 Å². The van der Waals surface area contributed by atoms with Crippen LogP contribution in [0.3, 0.4) is 0 Å². The minimum atomic E-state index is 0.537. The third-order valence-electron chi connectivity index (χ3n) is 1.04. The Balaban J connectivity index is 2.99. The molecule has 6 heteroatoms. The fraction of sp³-hybridized carbons (Fsp3) is 0. The van der Waals surface area contributed by atoms with Crippen molar-refractivity contribution in [2.45, 2.75) is 0 Å². The molecule has 2 rings (SSSR count). The monoisotopic (exact) mass is 124 g/mol. The molecule has 0 fully saturated rings. The molecule has 0 aliphatic rings. The zero-order valence-corrected chi connectivity index (χ0v) is 4.47. The largest absolute Gasteiger partial charge is 0.335 e. The smallest absolute Gasteiger partial charge is 0.272 e. The third kappa shape index (κ3) is 0.411. The quantitative estimate of drug-likeness (QED) is 0.440. The van der Waals surface area contributed by atoms with Gasteiger partial charge in [-0.05, 0) is 0 Å². The molecule has 2 N–H and O–H groups in total. The van der Waals surface area contributed by atoms with Crippen molar-refractivity contribution in [3.8, 4) is 0 Å². The van der Waals surface area contributed by atoms with E-state index < -0.39 is 0 Å². The Labute approximate surface area is 49.9 Å². The molecule has 0 spiro atoms. The maximum atomic E-state index is 5.35. The van der Waals surface area contributed by atoms with Crippen molar-refractivity contribution < 1.29 is 0 Å². The molecule has 0 amide bonds. The lowest BCUT2D eigenvalue weighted by atomic mass is 11.1. The lowest BCUT2D eigenvalue weighted by Crippen LogP contribution is -2.06. The van der Waals surface area contributed by atoms with Gasteiger partial charge in [0.1, 0.15) is 12.7 Å². The minimum Gasteiger partial charge on any atom is -0.335 e. The van der Waals surface area contributed by atoms with E-state index in [2.05, 4.69) is 15.3 Å². The van der Waals surface area contributed by atoms with Gasteiger partial charge in [0.25, 0.3) is 5.78 Å². The van der Waals surface area contributed by atoms with Crippen LogP contribution in [0.25, 0.3) is 5.78 Å². The summed E-state index contributed by atoms with van der Waals surface area (Å²) in [6.07, 6.45) is 2.95. The summed E-state index contributed by atoms with van der Waals surface area (Å²) in [7, 11) is 0. The van der Waals surface area contributed by atoms with Crippen LogP contribution in [0.5, 0.6) is 0 Å². The van der Waals surface area contributed by atoms with Crippen LogP contribution in [0.1, 0.15) is 0 Å². The Morgan fingerprint density at radius 1 is 1.44 bits per heavy atom. The number of hydrogen-bond acceptors (Lipinski definition) is 4. The maximum absolute atomic E-state index is 5.35. The Morgan fingerprint density at radius 3 is 3.11 bits per heavy atom. The molecule has 0 aliphatic heterocycles. The second-order valence-corrected chi connectivity index (χ2v) is 1.61. The van der Waals surface area contributed by atoms with Gasteiger partial charge in [-0.1, -0.05) is 0 Å². The van der Waals surface area contributed by atoms with E-state index in [1.807, 2.05) is 0 Å². The summed E-state index contributed by atoms with van der Waals surface area (Å²) in [5.41, 5.74) is 0. The van der Waals surface area contributed by atoms with Crippen molar-refractivity contribution in [3.05, 3.63) is 12.7 Å². The van der Waals surface area contributed by atoms with Gasteiger partial charge < -0.3 is 5.84 Å². The van der Waals surface area contributed by atoms with E-state index in [0.717, 1.165) is 0 Å². The first-order valence-electron chi connectivity index (χ1n) is 2.36. The predicted molar refractivity (Wildman–Crippen MR) is 28.9 cm³/mol. The van der Waals surface area contributed by atoms with Gasteiger partial charge in [0.15, 0.2) is 0 Å². The zero-order valence-electron chi connectivity index (χ0n) is 4.47. The van der Waals surface area contributed by atoms with Gasteiger partial charge in [0.2, 0.25) is 0 Å². The topological polar surface area (TPSA) is 74.0 Å². The highest BCUT2D eigenvalue weighted by Gasteiger charge is 1.97. The van der Waals surface area contributed by atoms with Crippen LogP contribution in [0.15, 0.2) is 12.7 Å². The molecule has 9 heavy (non-hydrogen) atoms. The molecule has 2 aromatic heterocycles. The van der Waals surface area contributed by atoms with Crippen LogP contribution < -0.4 is 5.84 Å². The first kappa shape index (κ1) is 4.30. The van der Waals surface area contributed by atoms with Crippen molar-refractivity contribution in [2.75, 3.05) is 5.84 Å². The summed E-state index contributed by atoms with van der Waals surface area (Å²) >= 11 is 0. The molecule has 0 aliphatic carbocycles. The highest BCUT2D eigenvalue weighted by molar-refractivity contribution is 5.23. The van der Waals surface area contributed by atoms with Crippen molar-refractivity contribution in [1.29, 1.82) is 0 Å². The van der Waals surface area contributed by atoms with Crippen LogP contribution in [-0.4, -0.2) is 24.5 Å². The number of aromatic nitrogens is 5. The number of fused-ring (bicyclic) bond motifs is 1. The van der Waals surface area contributed by atoms with E-state index in [1.54, 1.807) is 0 Å². The number of hydrogen-bond donors (Lipinski definition) is 1. The van der Waals surface area contributed by atoms with E-state index in [-0.39, 0.29) is 0 Å². The molecular formula is C3H4N6. The van der Waals surface area contributed by atoms with E-state index in [4.69, 9.17) is 5.84 Å². The summed E-state index contributed by atoms with van der Waals surface area (Å²) in [6, 6.07) is 0.